The van der Waals surface area contributed by atoms with E-state index in [-0.39, 0.29) is 18.4 Å². The van der Waals surface area contributed by atoms with Crippen molar-refractivity contribution < 1.29 is 19.1 Å². The molecule has 0 radical (unpaired) electrons. The molecule has 3 aromatic rings. The van der Waals surface area contributed by atoms with Gasteiger partial charge < -0.3 is 15.0 Å². The third-order valence-electron chi connectivity index (χ3n) is 5.76. The Balaban J connectivity index is 1.37. The van der Waals surface area contributed by atoms with Gasteiger partial charge in [-0.25, -0.2) is 19.1 Å². The van der Waals surface area contributed by atoms with Gasteiger partial charge in [0.1, 0.15) is 0 Å². The first-order valence-electron chi connectivity index (χ1n) is 9.89. The number of esters is 1. The van der Waals surface area contributed by atoms with Crippen molar-refractivity contribution in [3.63, 3.8) is 0 Å². The molecule has 158 valence electrons. The Hall–Kier alpha value is -3.95. The Bertz CT molecular complexity index is 1180. The van der Waals surface area contributed by atoms with Crippen LogP contribution in [0.25, 0.3) is 5.65 Å². The Morgan fingerprint density at radius 3 is 2.68 bits per heavy atom. The number of nitrogens with one attached hydrogen (secondary N) is 2. The molecule has 2 aliphatic heterocycles. The van der Waals surface area contributed by atoms with Crippen molar-refractivity contribution in [3.05, 3.63) is 59.5 Å². The first-order chi connectivity index (χ1) is 15.0. The molecule has 1 aromatic carbocycles. The summed E-state index contributed by atoms with van der Waals surface area (Å²) in [5.74, 6) is -0.966. The highest BCUT2D eigenvalue weighted by atomic mass is 16.5. The largest absolute Gasteiger partial charge is 0.465 e. The van der Waals surface area contributed by atoms with Crippen LogP contribution in [-0.4, -0.2) is 59.2 Å². The van der Waals surface area contributed by atoms with Crippen molar-refractivity contribution >= 4 is 29.2 Å². The summed E-state index contributed by atoms with van der Waals surface area (Å²) < 4.78 is 6.41. The predicted octanol–water partition coefficient (Wildman–Crippen LogP) is 1.04. The van der Waals surface area contributed by atoms with Gasteiger partial charge in [0.25, 0.3) is 0 Å². The summed E-state index contributed by atoms with van der Waals surface area (Å²) in [6, 6.07) is 8.84. The summed E-state index contributed by atoms with van der Waals surface area (Å²) in [7, 11) is 1.37. The quantitative estimate of drug-likeness (QED) is 0.606. The number of rotatable bonds is 4. The number of anilines is 1. The lowest BCUT2D eigenvalue weighted by Crippen LogP contribution is -2.51. The molecule has 2 aliphatic rings. The number of imidazole rings is 1. The van der Waals surface area contributed by atoms with E-state index < -0.39 is 11.9 Å². The maximum atomic E-state index is 12.3. The van der Waals surface area contributed by atoms with Crippen LogP contribution < -0.4 is 15.5 Å². The number of fused-ring (bicyclic) bond motifs is 1. The van der Waals surface area contributed by atoms with Gasteiger partial charge in [0.2, 0.25) is 5.91 Å². The van der Waals surface area contributed by atoms with Crippen molar-refractivity contribution in [2.45, 2.75) is 11.8 Å². The van der Waals surface area contributed by atoms with Crippen LogP contribution in [0.2, 0.25) is 0 Å². The van der Waals surface area contributed by atoms with Gasteiger partial charge in [-0.15, -0.1) is 0 Å². The van der Waals surface area contributed by atoms with Crippen LogP contribution in [0.3, 0.4) is 0 Å². The van der Waals surface area contributed by atoms with Gasteiger partial charge in [-0.3, -0.25) is 10.1 Å². The van der Waals surface area contributed by atoms with Crippen molar-refractivity contribution in [3.8, 4) is 0 Å². The van der Waals surface area contributed by atoms with Crippen LogP contribution in [0.5, 0.6) is 0 Å². The number of carbonyl (C=O) groups excluding carboxylic acids is 3. The number of carbonyl (C=O) groups is 3. The number of amides is 3. The van der Waals surface area contributed by atoms with Crippen molar-refractivity contribution in [1.82, 2.24) is 25.2 Å². The van der Waals surface area contributed by atoms with E-state index in [9.17, 15) is 14.4 Å². The van der Waals surface area contributed by atoms with E-state index in [1.54, 1.807) is 29.0 Å². The lowest BCUT2D eigenvalue weighted by atomic mass is 9.90. The summed E-state index contributed by atoms with van der Waals surface area (Å²) in [5, 5.41) is 9.45. The van der Waals surface area contributed by atoms with Gasteiger partial charge in [-0.1, -0.05) is 12.1 Å². The molecule has 2 saturated heterocycles. The highest BCUT2D eigenvalue weighted by Crippen LogP contribution is 2.35. The Kier molecular flexibility index (Phi) is 4.54. The molecule has 2 fully saturated rings. The molecule has 4 heterocycles. The highest BCUT2D eigenvalue weighted by Gasteiger charge is 2.33. The number of benzene rings is 1. The molecule has 1 unspecified atom stereocenters. The van der Waals surface area contributed by atoms with E-state index in [0.29, 0.717) is 22.8 Å². The second kappa shape index (κ2) is 7.38. The summed E-state index contributed by atoms with van der Waals surface area (Å²) >= 11 is 0. The van der Waals surface area contributed by atoms with Gasteiger partial charge in [-0.05, 0) is 23.8 Å². The summed E-state index contributed by atoms with van der Waals surface area (Å²) in [4.78, 5) is 41.9. The molecule has 10 heteroatoms. The van der Waals surface area contributed by atoms with Crippen LogP contribution in [-0.2, 0) is 9.53 Å². The number of hydrogen-bond acceptors (Lipinski definition) is 7. The minimum absolute atomic E-state index is 0.201. The smallest absolute Gasteiger partial charge is 0.337 e. The van der Waals surface area contributed by atoms with E-state index in [2.05, 4.69) is 25.6 Å². The molecule has 0 spiro atoms. The number of nitrogens with zero attached hydrogens (tertiary/aromatic N) is 4. The number of ether oxygens (including phenoxy) is 1. The zero-order chi connectivity index (χ0) is 21.5. The highest BCUT2D eigenvalue weighted by molar-refractivity contribution is 6.00. The van der Waals surface area contributed by atoms with Gasteiger partial charge in [-0.2, -0.15) is 5.10 Å². The number of methoxy groups -OCH3 is 1. The second-order valence-corrected chi connectivity index (χ2v) is 7.62. The molecule has 10 nitrogen and oxygen atoms in total. The SMILES string of the molecule is COC(=O)c1ccc(C2CN(c3cc(C4CNC(=O)NC4=O)nn4ccnc34)C2)cc1. The Morgan fingerprint density at radius 1 is 1.19 bits per heavy atom. The van der Waals surface area contributed by atoms with Gasteiger partial charge in [0.15, 0.2) is 5.65 Å². The third-order valence-corrected chi connectivity index (χ3v) is 5.76. The summed E-state index contributed by atoms with van der Waals surface area (Å²) in [6.07, 6.45) is 3.41. The van der Waals surface area contributed by atoms with Gasteiger partial charge >= 0.3 is 12.0 Å². The normalized spacial score (nSPS) is 19.0. The van der Waals surface area contributed by atoms with Gasteiger partial charge in [0.05, 0.1) is 30.0 Å². The van der Waals surface area contributed by atoms with Crippen molar-refractivity contribution in [2.24, 2.45) is 0 Å². The number of imide groups is 1. The topological polar surface area (TPSA) is 118 Å². The lowest BCUT2D eigenvalue weighted by Gasteiger charge is -2.41. The van der Waals surface area contributed by atoms with Crippen molar-refractivity contribution in [1.29, 1.82) is 0 Å². The number of aromatic nitrogens is 3. The molecular weight excluding hydrogens is 400 g/mol. The van der Waals surface area contributed by atoms with Crippen molar-refractivity contribution in [2.75, 3.05) is 31.6 Å². The second-order valence-electron chi connectivity index (χ2n) is 7.62. The zero-order valence-corrected chi connectivity index (χ0v) is 16.7. The van der Waals surface area contributed by atoms with E-state index in [0.717, 1.165) is 24.3 Å². The van der Waals surface area contributed by atoms with Crippen LogP contribution in [0.1, 0.15) is 33.5 Å². The van der Waals surface area contributed by atoms with Crippen LogP contribution >= 0.6 is 0 Å². The van der Waals surface area contributed by atoms with Crippen LogP contribution in [0.4, 0.5) is 10.5 Å². The molecule has 2 aromatic heterocycles. The van der Waals surface area contributed by atoms with E-state index in [1.807, 2.05) is 18.2 Å². The molecule has 31 heavy (non-hydrogen) atoms. The molecule has 1 atom stereocenters. The Labute approximate surface area is 177 Å². The average molecular weight is 420 g/mol. The van der Waals surface area contributed by atoms with E-state index in [4.69, 9.17) is 4.74 Å². The molecule has 0 aliphatic carbocycles. The molecule has 5 rings (SSSR count). The summed E-state index contributed by atoms with van der Waals surface area (Å²) in [5.41, 5.74) is 3.85. The molecule has 0 bridgehead atoms. The maximum Gasteiger partial charge on any atom is 0.337 e. The minimum Gasteiger partial charge on any atom is -0.465 e. The molecule has 3 amide bonds. The fraction of sp³-hybridized carbons (Fsp3) is 0.286. The standard InChI is InChI=1S/C21H20N6O4/c1-31-20(29)13-4-2-12(3-5-13)14-10-26(11-14)17-8-16(25-27-7-6-22-18(17)27)15-9-23-21(30)24-19(15)28/h2-8,14-15H,9-11H2,1H3,(H2,23,24,28,30). The monoisotopic (exact) mass is 420 g/mol. The molecule has 0 saturated carbocycles. The zero-order valence-electron chi connectivity index (χ0n) is 16.7. The average Bonchev–Trinajstić information content (AvgIpc) is 3.21. The minimum atomic E-state index is -0.564. The van der Waals surface area contributed by atoms with E-state index in [1.165, 1.54) is 7.11 Å². The fourth-order valence-electron chi connectivity index (χ4n) is 3.99. The number of urea groups is 1. The molecule has 2 N–H and O–H groups in total. The van der Waals surface area contributed by atoms with Crippen LogP contribution in [0.15, 0.2) is 42.7 Å². The lowest BCUT2D eigenvalue weighted by molar-refractivity contribution is -0.122. The molecular formula is C21H20N6O4. The van der Waals surface area contributed by atoms with Gasteiger partial charge in [0, 0.05) is 37.9 Å². The number of hydrogen-bond donors (Lipinski definition) is 2. The first kappa shape index (κ1) is 19.0. The maximum absolute atomic E-state index is 12.3. The third kappa shape index (κ3) is 3.35. The predicted molar refractivity (Wildman–Crippen MR) is 110 cm³/mol. The first-order valence-corrected chi connectivity index (χ1v) is 9.89. The van der Waals surface area contributed by atoms with E-state index >= 15 is 0 Å². The Morgan fingerprint density at radius 2 is 1.97 bits per heavy atom. The van der Waals surface area contributed by atoms with Crippen LogP contribution in [0, 0.1) is 0 Å². The fourth-order valence-corrected chi connectivity index (χ4v) is 3.99. The summed E-state index contributed by atoms with van der Waals surface area (Å²) in [6.45, 7) is 1.75.